The minimum absolute atomic E-state index is 0.131. The Balaban J connectivity index is 2.99. The number of carbonyl (C=O) groups excluding carboxylic acids is 1. The predicted octanol–water partition coefficient (Wildman–Crippen LogP) is 1.34. The molecule has 0 radical (unpaired) electrons. The molecule has 0 aliphatic carbocycles. The van der Waals surface area contributed by atoms with E-state index in [1.54, 1.807) is 6.07 Å². The summed E-state index contributed by atoms with van der Waals surface area (Å²) in [5.41, 5.74) is 0.205. The van der Waals surface area contributed by atoms with E-state index in [1.165, 1.54) is 19.2 Å². The van der Waals surface area contributed by atoms with Crippen LogP contribution in [0.2, 0.25) is 0 Å². The van der Waals surface area contributed by atoms with Crippen LogP contribution in [0.1, 0.15) is 19.8 Å². The molecule has 0 unspecified atom stereocenters. The zero-order valence-electron chi connectivity index (χ0n) is 10.1. The van der Waals surface area contributed by atoms with Crippen LogP contribution in [0.3, 0.4) is 0 Å². The molecule has 0 spiro atoms. The van der Waals surface area contributed by atoms with E-state index in [1.807, 2.05) is 6.92 Å². The van der Waals surface area contributed by atoms with E-state index in [9.17, 15) is 13.2 Å². The lowest BCUT2D eigenvalue weighted by molar-refractivity contribution is -0.134. The molecule has 0 heterocycles. The smallest absolute Gasteiger partial charge is 0.311 e. The Bertz CT molecular complexity index is 490. The number of nitrogens with one attached hydrogen (secondary N) is 1. The van der Waals surface area contributed by atoms with E-state index in [-0.39, 0.29) is 17.9 Å². The molecule has 1 N–H and O–H groups in total. The standard InChI is InChI=1S/C11H15NO5S/c1-3-4-11(13)17-10-7-8(16-2)5-6-9(10)12-18(14)15/h5-7,18H,3-4H2,1-2H3,(H,12,14,15). The van der Waals surface area contributed by atoms with Crippen molar-refractivity contribution < 1.29 is 22.7 Å². The quantitative estimate of drug-likeness (QED) is 0.464. The Labute approximate surface area is 107 Å². The molecule has 0 aliphatic heterocycles. The minimum Gasteiger partial charge on any atom is -0.497 e. The van der Waals surface area contributed by atoms with Crippen molar-refractivity contribution in [3.8, 4) is 11.5 Å². The third-order valence-electron chi connectivity index (χ3n) is 2.08. The fraction of sp³-hybridized carbons (Fsp3) is 0.364. The summed E-state index contributed by atoms with van der Waals surface area (Å²) in [6.07, 6.45) is 0.918. The molecule has 0 bridgehead atoms. The van der Waals surface area contributed by atoms with E-state index >= 15 is 0 Å². The molecule has 100 valence electrons. The number of methoxy groups -OCH3 is 1. The van der Waals surface area contributed by atoms with Gasteiger partial charge in [-0.15, -0.1) is 0 Å². The summed E-state index contributed by atoms with van der Waals surface area (Å²) in [7, 11) is -1.36. The zero-order chi connectivity index (χ0) is 13.5. The summed E-state index contributed by atoms with van der Waals surface area (Å²) in [6.45, 7) is 1.85. The number of benzene rings is 1. The topological polar surface area (TPSA) is 81.7 Å². The van der Waals surface area contributed by atoms with Gasteiger partial charge in [0.2, 0.25) is 10.9 Å². The highest BCUT2D eigenvalue weighted by molar-refractivity contribution is 7.73. The van der Waals surface area contributed by atoms with Crippen LogP contribution in [0.15, 0.2) is 18.2 Å². The van der Waals surface area contributed by atoms with Crippen LogP contribution < -0.4 is 14.2 Å². The summed E-state index contributed by atoms with van der Waals surface area (Å²) in [5, 5.41) is 0. The van der Waals surface area contributed by atoms with E-state index in [2.05, 4.69) is 4.72 Å². The van der Waals surface area contributed by atoms with Gasteiger partial charge in [0.05, 0.1) is 12.8 Å². The van der Waals surface area contributed by atoms with Crippen molar-refractivity contribution >= 4 is 22.5 Å². The third kappa shape index (κ3) is 4.25. The molecule has 0 saturated carbocycles. The number of thiol groups is 1. The van der Waals surface area contributed by atoms with E-state index in [4.69, 9.17) is 9.47 Å². The van der Waals surface area contributed by atoms with Gasteiger partial charge in [0.1, 0.15) is 5.75 Å². The highest BCUT2D eigenvalue weighted by atomic mass is 32.2. The first-order valence-electron chi connectivity index (χ1n) is 5.36. The molecule has 1 aromatic rings. The van der Waals surface area contributed by atoms with Crippen molar-refractivity contribution in [2.45, 2.75) is 19.8 Å². The van der Waals surface area contributed by atoms with Crippen molar-refractivity contribution in [1.82, 2.24) is 0 Å². The van der Waals surface area contributed by atoms with Gasteiger partial charge in [-0.3, -0.25) is 9.52 Å². The second kappa shape index (κ2) is 6.85. The lowest BCUT2D eigenvalue weighted by atomic mass is 10.3. The highest BCUT2D eigenvalue weighted by Crippen LogP contribution is 2.29. The second-order valence-electron chi connectivity index (χ2n) is 3.46. The second-order valence-corrected chi connectivity index (χ2v) is 4.19. The van der Waals surface area contributed by atoms with Gasteiger partial charge in [-0.05, 0) is 18.6 Å². The van der Waals surface area contributed by atoms with E-state index in [0.717, 1.165) is 0 Å². The van der Waals surface area contributed by atoms with Crippen LogP contribution >= 0.6 is 0 Å². The average Bonchev–Trinajstić information content (AvgIpc) is 2.31. The normalized spacial score (nSPS) is 10.2. The summed E-state index contributed by atoms with van der Waals surface area (Å²) >= 11 is 0. The van der Waals surface area contributed by atoms with Gasteiger partial charge in [0.25, 0.3) is 0 Å². The van der Waals surface area contributed by atoms with Gasteiger partial charge in [0.15, 0.2) is 5.75 Å². The van der Waals surface area contributed by atoms with E-state index < -0.39 is 16.9 Å². The summed E-state index contributed by atoms with van der Waals surface area (Å²) in [6, 6.07) is 4.49. The van der Waals surface area contributed by atoms with Gasteiger partial charge in [-0.25, -0.2) is 8.42 Å². The number of carbonyl (C=O) groups is 1. The maximum Gasteiger partial charge on any atom is 0.311 e. The van der Waals surface area contributed by atoms with Crippen molar-refractivity contribution in [1.29, 1.82) is 0 Å². The van der Waals surface area contributed by atoms with Crippen molar-refractivity contribution in [3.05, 3.63) is 18.2 Å². The average molecular weight is 273 g/mol. The van der Waals surface area contributed by atoms with Crippen molar-refractivity contribution in [2.75, 3.05) is 11.8 Å². The first kappa shape index (κ1) is 14.3. The Morgan fingerprint density at radius 3 is 2.67 bits per heavy atom. The fourth-order valence-corrected chi connectivity index (χ4v) is 1.66. The van der Waals surface area contributed by atoms with Crippen molar-refractivity contribution in [2.24, 2.45) is 0 Å². The molecule has 1 aromatic carbocycles. The van der Waals surface area contributed by atoms with Crippen LogP contribution in [-0.2, 0) is 15.7 Å². The van der Waals surface area contributed by atoms with Crippen LogP contribution in [0, 0.1) is 0 Å². The fourth-order valence-electron chi connectivity index (χ4n) is 1.28. The lowest BCUT2D eigenvalue weighted by Crippen LogP contribution is -2.09. The Kier molecular flexibility index (Phi) is 5.44. The Morgan fingerprint density at radius 1 is 1.39 bits per heavy atom. The van der Waals surface area contributed by atoms with Gasteiger partial charge in [-0.1, -0.05) is 6.92 Å². The van der Waals surface area contributed by atoms with Gasteiger partial charge >= 0.3 is 5.97 Å². The molecule has 18 heavy (non-hydrogen) atoms. The summed E-state index contributed by atoms with van der Waals surface area (Å²) in [5.74, 6) is 0.183. The van der Waals surface area contributed by atoms with Crippen LogP contribution in [0.25, 0.3) is 0 Å². The number of rotatable bonds is 6. The van der Waals surface area contributed by atoms with Crippen LogP contribution in [0.4, 0.5) is 5.69 Å². The molecule has 0 atom stereocenters. The largest absolute Gasteiger partial charge is 0.497 e. The third-order valence-corrected chi connectivity index (χ3v) is 2.50. The maximum atomic E-state index is 11.4. The number of esters is 1. The molecule has 0 saturated heterocycles. The SMILES string of the molecule is CCCC(=O)Oc1cc(OC)ccc1N[SH](=O)=O. The number of anilines is 1. The summed E-state index contributed by atoms with van der Waals surface area (Å²) < 4.78 is 33.5. The minimum atomic E-state index is -2.82. The highest BCUT2D eigenvalue weighted by Gasteiger charge is 2.10. The van der Waals surface area contributed by atoms with Crippen molar-refractivity contribution in [3.63, 3.8) is 0 Å². The number of hydrogen-bond acceptors (Lipinski definition) is 5. The lowest BCUT2D eigenvalue weighted by Gasteiger charge is -2.10. The molecule has 0 aliphatic rings. The first-order valence-corrected chi connectivity index (χ1v) is 6.54. The van der Waals surface area contributed by atoms with Gasteiger partial charge < -0.3 is 9.47 Å². The monoisotopic (exact) mass is 273 g/mol. The molecule has 7 heteroatoms. The predicted molar refractivity (Wildman–Crippen MR) is 67.5 cm³/mol. The Hall–Kier alpha value is -1.76. The number of hydrogen-bond donors (Lipinski definition) is 2. The van der Waals surface area contributed by atoms with Gasteiger partial charge in [0, 0.05) is 12.5 Å². The maximum absolute atomic E-state index is 11.4. The van der Waals surface area contributed by atoms with E-state index in [0.29, 0.717) is 12.2 Å². The molecule has 0 fully saturated rings. The molecule has 0 amide bonds. The Morgan fingerprint density at radius 2 is 2.11 bits per heavy atom. The summed E-state index contributed by atoms with van der Waals surface area (Å²) in [4.78, 5) is 11.4. The van der Waals surface area contributed by atoms with Crippen LogP contribution in [-0.4, -0.2) is 21.5 Å². The molecular formula is C11H15NO5S. The zero-order valence-corrected chi connectivity index (χ0v) is 11.0. The van der Waals surface area contributed by atoms with Gasteiger partial charge in [-0.2, -0.15) is 0 Å². The molecular weight excluding hydrogens is 258 g/mol. The molecule has 1 rings (SSSR count). The first-order chi connectivity index (χ1) is 8.56. The molecule has 0 aromatic heterocycles. The molecule has 6 nitrogen and oxygen atoms in total. The number of ether oxygens (including phenoxy) is 2. The van der Waals surface area contributed by atoms with Crippen LogP contribution in [0.5, 0.6) is 11.5 Å².